The zero-order valence-electron chi connectivity index (χ0n) is 33.1. The van der Waals surface area contributed by atoms with Crippen LogP contribution in [0.3, 0.4) is 0 Å². The summed E-state index contributed by atoms with van der Waals surface area (Å²) in [5, 5.41) is 0. The highest BCUT2D eigenvalue weighted by Crippen LogP contribution is 2.46. The van der Waals surface area contributed by atoms with Crippen molar-refractivity contribution in [1.29, 1.82) is 0 Å². The first kappa shape index (κ1) is 37.8. The average molecular weight is 699 g/mol. The van der Waals surface area contributed by atoms with Crippen molar-refractivity contribution in [2.45, 2.75) is 141 Å². The molecular formula is C47H62N4O. The Labute approximate surface area is 314 Å². The van der Waals surface area contributed by atoms with Crippen LogP contribution in [0.5, 0.6) is 0 Å². The van der Waals surface area contributed by atoms with Crippen molar-refractivity contribution in [3.63, 3.8) is 0 Å². The first-order valence-corrected chi connectivity index (χ1v) is 19.4. The molecule has 2 aliphatic heterocycles. The number of nitrogens with zero attached hydrogens (tertiary/aromatic N) is 4. The van der Waals surface area contributed by atoms with E-state index in [2.05, 4.69) is 196 Å². The van der Waals surface area contributed by atoms with Crippen molar-refractivity contribution < 1.29 is 4.79 Å². The lowest BCUT2D eigenvalue weighted by molar-refractivity contribution is -0.101. The molecule has 5 nitrogen and oxygen atoms in total. The predicted octanol–water partition coefficient (Wildman–Crippen LogP) is 10.6. The van der Waals surface area contributed by atoms with E-state index in [1.165, 1.54) is 11.1 Å². The Morgan fingerprint density at radius 2 is 0.750 bits per heavy atom. The number of carbonyl (C=O) groups is 1. The van der Waals surface area contributed by atoms with Gasteiger partial charge in [-0.2, -0.15) is 0 Å². The van der Waals surface area contributed by atoms with Crippen molar-refractivity contribution in [2.75, 3.05) is 0 Å². The van der Waals surface area contributed by atoms with Crippen molar-refractivity contribution in [3.05, 3.63) is 144 Å². The number of amides is 2. The number of carbonyl (C=O) groups excluding carboxylic acids is 1. The van der Waals surface area contributed by atoms with Crippen LogP contribution < -0.4 is 0 Å². The van der Waals surface area contributed by atoms with Gasteiger partial charge in [-0.05, 0) is 103 Å². The number of benzene rings is 4. The maximum Gasteiger partial charge on any atom is 0.321 e. The van der Waals surface area contributed by atoms with Gasteiger partial charge in [0.2, 0.25) is 0 Å². The molecule has 0 bridgehead atoms. The van der Waals surface area contributed by atoms with E-state index in [4.69, 9.17) is 0 Å². The van der Waals surface area contributed by atoms with E-state index in [1.807, 2.05) is 0 Å². The van der Waals surface area contributed by atoms with Crippen LogP contribution in [-0.4, -0.2) is 59.9 Å². The van der Waals surface area contributed by atoms with E-state index in [1.54, 1.807) is 0 Å². The van der Waals surface area contributed by atoms with Crippen LogP contribution >= 0.6 is 0 Å². The molecule has 2 amide bonds. The molecule has 5 heteroatoms. The summed E-state index contributed by atoms with van der Waals surface area (Å²) >= 11 is 0. The summed E-state index contributed by atoms with van der Waals surface area (Å²) in [5.74, 6) is 0. The fourth-order valence-corrected chi connectivity index (χ4v) is 9.88. The molecule has 2 aliphatic rings. The number of hydrogen-bond donors (Lipinski definition) is 0. The summed E-state index contributed by atoms with van der Waals surface area (Å²) in [5.41, 5.74) is 4.49. The van der Waals surface area contributed by atoms with Crippen LogP contribution in [0.2, 0.25) is 0 Å². The highest BCUT2D eigenvalue weighted by Gasteiger charge is 2.53. The fourth-order valence-electron chi connectivity index (χ4n) is 9.88. The van der Waals surface area contributed by atoms with Gasteiger partial charge in [-0.1, -0.05) is 121 Å². The molecule has 4 aromatic carbocycles. The lowest BCUT2D eigenvalue weighted by Gasteiger charge is -2.61. The molecule has 52 heavy (non-hydrogen) atoms. The van der Waals surface area contributed by atoms with Crippen molar-refractivity contribution in [3.8, 4) is 0 Å². The Morgan fingerprint density at radius 3 is 1.04 bits per heavy atom. The smallest absolute Gasteiger partial charge is 0.318 e. The molecule has 0 radical (unpaired) electrons. The molecule has 0 N–H and O–H groups in total. The van der Waals surface area contributed by atoms with E-state index >= 15 is 4.79 Å². The molecule has 6 rings (SSSR count). The second-order valence-electron chi connectivity index (χ2n) is 18.0. The van der Waals surface area contributed by atoms with Crippen LogP contribution in [0, 0.1) is 0 Å². The first-order valence-electron chi connectivity index (χ1n) is 19.4. The molecule has 2 heterocycles. The number of likely N-dealkylation sites (tertiary alicyclic amines) is 2. The minimum absolute atomic E-state index is 0.0934. The molecule has 0 aromatic heterocycles. The maximum absolute atomic E-state index is 15.7. The van der Waals surface area contributed by atoms with E-state index in [0.29, 0.717) is 13.1 Å². The molecule has 0 saturated carbocycles. The number of urea groups is 1. The van der Waals surface area contributed by atoms with Gasteiger partial charge in [0.1, 0.15) is 0 Å². The molecule has 0 aliphatic carbocycles. The summed E-state index contributed by atoms with van der Waals surface area (Å²) < 4.78 is 0. The average Bonchev–Trinajstić information content (AvgIpc) is 3.09. The molecule has 276 valence electrons. The summed E-state index contributed by atoms with van der Waals surface area (Å²) in [4.78, 5) is 25.6. The third-order valence-corrected chi connectivity index (χ3v) is 11.9. The number of hydrogen-bond acceptors (Lipinski definition) is 3. The fraction of sp³-hybridized carbons (Fsp3) is 0.468. The van der Waals surface area contributed by atoms with Gasteiger partial charge in [0, 0.05) is 60.4 Å². The van der Waals surface area contributed by atoms with Gasteiger partial charge >= 0.3 is 6.03 Å². The topological polar surface area (TPSA) is 30.0 Å². The second-order valence-corrected chi connectivity index (χ2v) is 18.0. The van der Waals surface area contributed by atoms with Gasteiger partial charge in [-0.25, -0.2) is 4.79 Å². The van der Waals surface area contributed by atoms with E-state index in [-0.39, 0.29) is 40.3 Å². The minimum Gasteiger partial charge on any atom is -0.318 e. The molecule has 0 spiro atoms. The molecule has 4 aromatic rings. The Bertz CT molecular complexity index is 1580. The third-order valence-electron chi connectivity index (χ3n) is 11.9. The number of piperidine rings is 2. The predicted molar refractivity (Wildman–Crippen MR) is 216 cm³/mol. The molecule has 2 fully saturated rings. The van der Waals surface area contributed by atoms with Crippen molar-refractivity contribution in [1.82, 2.24) is 19.6 Å². The Morgan fingerprint density at radius 1 is 0.481 bits per heavy atom. The zero-order chi connectivity index (χ0) is 37.1. The summed E-state index contributed by atoms with van der Waals surface area (Å²) in [6.07, 6.45) is 3.68. The Hall–Kier alpha value is -3.93. The molecular weight excluding hydrogens is 637 g/mol. The van der Waals surface area contributed by atoms with E-state index < -0.39 is 0 Å². The summed E-state index contributed by atoms with van der Waals surface area (Å²) in [6.45, 7) is 22.1. The van der Waals surface area contributed by atoms with Gasteiger partial charge in [-0.3, -0.25) is 9.80 Å². The minimum atomic E-state index is -0.122. The molecule has 0 atom stereocenters. The first-order chi connectivity index (χ1) is 24.6. The molecule has 2 saturated heterocycles. The van der Waals surface area contributed by atoms with Gasteiger partial charge in [0.25, 0.3) is 0 Å². The van der Waals surface area contributed by atoms with Crippen molar-refractivity contribution >= 4 is 6.03 Å². The van der Waals surface area contributed by atoms with Crippen LogP contribution in [-0.2, 0) is 26.2 Å². The maximum atomic E-state index is 15.7. The van der Waals surface area contributed by atoms with Gasteiger partial charge in [0.05, 0.1) is 0 Å². The van der Waals surface area contributed by atoms with Crippen molar-refractivity contribution in [2.24, 2.45) is 0 Å². The van der Waals surface area contributed by atoms with Gasteiger partial charge in [-0.15, -0.1) is 0 Å². The zero-order valence-corrected chi connectivity index (χ0v) is 33.1. The Kier molecular flexibility index (Phi) is 11.1. The van der Waals surface area contributed by atoms with Crippen LogP contribution in [0.4, 0.5) is 4.79 Å². The quantitative estimate of drug-likeness (QED) is 0.165. The normalized spacial score (nSPS) is 20.3. The third kappa shape index (κ3) is 8.64. The van der Waals surface area contributed by atoms with Crippen LogP contribution in [0.25, 0.3) is 0 Å². The van der Waals surface area contributed by atoms with E-state index in [9.17, 15) is 0 Å². The molecule has 0 unspecified atom stereocenters. The lowest BCUT2D eigenvalue weighted by Crippen LogP contribution is -2.69. The van der Waals surface area contributed by atoms with Crippen LogP contribution in [0.1, 0.15) is 103 Å². The van der Waals surface area contributed by atoms with E-state index in [0.717, 1.165) is 49.9 Å². The lowest BCUT2D eigenvalue weighted by atomic mass is 9.72. The van der Waals surface area contributed by atoms with Gasteiger partial charge in [0.15, 0.2) is 0 Å². The highest BCUT2D eigenvalue weighted by molar-refractivity contribution is 5.75. The highest BCUT2D eigenvalue weighted by atomic mass is 16.2. The second kappa shape index (κ2) is 15.2. The standard InChI is InChI=1S/C47H62N4O/c1-44(2)29-41(30-45(3,4)49(44)35-39-25-17-11-18-26-39)51(42-31-46(5,6)50(47(7,8)32-42)36-40-27-19-12-20-28-40)43(52)48(33-37-21-13-9-14-22-37)34-38-23-15-10-16-24-38/h9-28,41-42H,29-36H2,1-8H3. The number of rotatable bonds is 10. The van der Waals surface area contributed by atoms with Gasteiger partial charge < -0.3 is 9.80 Å². The Balaban J connectivity index is 1.38. The summed E-state index contributed by atoms with van der Waals surface area (Å²) in [7, 11) is 0. The largest absolute Gasteiger partial charge is 0.321 e. The summed E-state index contributed by atoms with van der Waals surface area (Å²) in [6, 6.07) is 43.1. The van der Waals surface area contributed by atoms with Crippen LogP contribution in [0.15, 0.2) is 121 Å². The monoisotopic (exact) mass is 698 g/mol. The SMILES string of the molecule is CC1(C)CC(N(C(=O)N(Cc2ccccc2)Cc2ccccc2)C2CC(C)(C)N(Cc3ccccc3)C(C)(C)C2)CC(C)(C)N1Cc1ccccc1.